The number of hydrogen-bond donors (Lipinski definition) is 2. The molecule has 3 heteroatoms. The molecule has 0 radical (unpaired) electrons. The van der Waals surface area contributed by atoms with E-state index >= 15 is 0 Å². The normalized spacial score (nSPS) is 20.4. The summed E-state index contributed by atoms with van der Waals surface area (Å²) in [5.41, 5.74) is 0.523. The van der Waals surface area contributed by atoms with Gasteiger partial charge in [-0.2, -0.15) is 0 Å². The molecular weight excluding hydrogens is 253 g/mol. The zero-order chi connectivity index (χ0) is 14.4. The van der Waals surface area contributed by atoms with E-state index in [1.807, 2.05) is 12.1 Å². The van der Waals surface area contributed by atoms with Gasteiger partial charge in [0.05, 0.1) is 5.60 Å². The highest BCUT2D eigenvalue weighted by atomic mass is 19.1. The second-order valence-corrected chi connectivity index (χ2v) is 6.03. The van der Waals surface area contributed by atoms with Crippen LogP contribution in [0.2, 0.25) is 0 Å². The van der Waals surface area contributed by atoms with Crippen molar-refractivity contribution >= 4 is 0 Å². The van der Waals surface area contributed by atoms with E-state index in [0.717, 1.165) is 37.7 Å². The van der Waals surface area contributed by atoms with Crippen LogP contribution in [-0.2, 0) is 0 Å². The van der Waals surface area contributed by atoms with Crippen LogP contribution in [0.5, 0.6) is 0 Å². The Kier molecular flexibility index (Phi) is 5.55. The molecule has 0 amide bonds. The summed E-state index contributed by atoms with van der Waals surface area (Å²) in [5, 5.41) is 14.1. The van der Waals surface area contributed by atoms with E-state index in [4.69, 9.17) is 0 Å². The zero-order valence-corrected chi connectivity index (χ0v) is 12.4. The molecule has 112 valence electrons. The third-order valence-corrected chi connectivity index (χ3v) is 4.39. The molecule has 0 spiro atoms. The first-order valence-electron chi connectivity index (χ1n) is 7.84. The number of nitrogens with one attached hydrogen (secondary N) is 1. The van der Waals surface area contributed by atoms with Crippen molar-refractivity contribution in [1.29, 1.82) is 0 Å². The molecule has 0 aromatic heterocycles. The summed E-state index contributed by atoms with van der Waals surface area (Å²) in [6, 6.07) is 6.84. The van der Waals surface area contributed by atoms with Crippen LogP contribution < -0.4 is 5.32 Å². The number of benzene rings is 1. The Labute approximate surface area is 121 Å². The van der Waals surface area contributed by atoms with E-state index < -0.39 is 5.60 Å². The molecule has 20 heavy (non-hydrogen) atoms. The van der Waals surface area contributed by atoms with Crippen molar-refractivity contribution in [3.05, 3.63) is 35.6 Å². The molecule has 0 aliphatic heterocycles. The number of rotatable bonds is 5. The molecule has 1 aliphatic carbocycles. The minimum absolute atomic E-state index is 0.183. The summed E-state index contributed by atoms with van der Waals surface area (Å²) in [6.45, 7) is 2.74. The van der Waals surface area contributed by atoms with Gasteiger partial charge in [-0.3, -0.25) is 0 Å². The van der Waals surface area contributed by atoms with Gasteiger partial charge < -0.3 is 10.4 Å². The average molecular weight is 279 g/mol. The Bertz CT molecular complexity index is 396. The van der Waals surface area contributed by atoms with Crippen molar-refractivity contribution in [2.45, 2.75) is 63.5 Å². The van der Waals surface area contributed by atoms with Gasteiger partial charge in [0.2, 0.25) is 0 Å². The Balaban J connectivity index is 1.94. The van der Waals surface area contributed by atoms with Crippen LogP contribution in [0.25, 0.3) is 0 Å². The lowest BCUT2D eigenvalue weighted by Gasteiger charge is -2.29. The standard InChI is InChI=1S/C17H26FNO/c1-2-16(14-7-9-15(18)10-8-14)19-13-17(20)11-5-3-4-6-12-17/h7-10,16,19-20H,2-6,11-13H2,1H3. The summed E-state index contributed by atoms with van der Waals surface area (Å²) < 4.78 is 13.0. The lowest BCUT2D eigenvalue weighted by molar-refractivity contribution is 0.0225. The Hall–Kier alpha value is -0.930. The smallest absolute Gasteiger partial charge is 0.123 e. The van der Waals surface area contributed by atoms with E-state index in [-0.39, 0.29) is 11.9 Å². The minimum atomic E-state index is -0.566. The third-order valence-electron chi connectivity index (χ3n) is 4.39. The molecule has 1 unspecified atom stereocenters. The second-order valence-electron chi connectivity index (χ2n) is 6.03. The number of hydrogen-bond acceptors (Lipinski definition) is 2. The van der Waals surface area contributed by atoms with Crippen LogP contribution in [0.15, 0.2) is 24.3 Å². The van der Waals surface area contributed by atoms with Crippen molar-refractivity contribution in [1.82, 2.24) is 5.32 Å². The highest BCUT2D eigenvalue weighted by Gasteiger charge is 2.28. The molecule has 2 N–H and O–H groups in total. The summed E-state index contributed by atoms with van der Waals surface area (Å²) >= 11 is 0. The number of halogens is 1. The van der Waals surface area contributed by atoms with Crippen molar-refractivity contribution in [2.75, 3.05) is 6.54 Å². The fraction of sp³-hybridized carbons (Fsp3) is 0.647. The van der Waals surface area contributed by atoms with Gasteiger partial charge in [-0.15, -0.1) is 0 Å². The summed E-state index contributed by atoms with van der Waals surface area (Å²) in [4.78, 5) is 0. The van der Waals surface area contributed by atoms with E-state index in [2.05, 4.69) is 12.2 Å². The quantitative estimate of drug-likeness (QED) is 0.800. The topological polar surface area (TPSA) is 32.3 Å². The summed E-state index contributed by atoms with van der Waals surface area (Å²) in [7, 11) is 0. The molecule has 1 saturated carbocycles. The number of aliphatic hydroxyl groups is 1. The maximum atomic E-state index is 13.0. The van der Waals surface area contributed by atoms with Gasteiger partial charge in [0.25, 0.3) is 0 Å². The van der Waals surface area contributed by atoms with Gasteiger partial charge in [0.1, 0.15) is 5.82 Å². The lowest BCUT2D eigenvalue weighted by Crippen LogP contribution is -2.41. The fourth-order valence-corrected chi connectivity index (χ4v) is 3.07. The van der Waals surface area contributed by atoms with E-state index in [9.17, 15) is 9.50 Å². The first kappa shape index (κ1) is 15.5. The van der Waals surface area contributed by atoms with Crippen molar-refractivity contribution in [3.63, 3.8) is 0 Å². The van der Waals surface area contributed by atoms with Crippen LogP contribution in [0.3, 0.4) is 0 Å². The molecule has 1 aliphatic rings. The Morgan fingerprint density at radius 3 is 2.30 bits per heavy atom. The highest BCUT2D eigenvalue weighted by molar-refractivity contribution is 5.19. The Morgan fingerprint density at radius 2 is 1.75 bits per heavy atom. The van der Waals surface area contributed by atoms with E-state index in [1.54, 1.807) is 0 Å². The fourth-order valence-electron chi connectivity index (χ4n) is 3.07. The molecule has 1 fully saturated rings. The van der Waals surface area contributed by atoms with Gasteiger partial charge in [0, 0.05) is 12.6 Å². The lowest BCUT2D eigenvalue weighted by atomic mass is 9.93. The van der Waals surface area contributed by atoms with Gasteiger partial charge in [-0.25, -0.2) is 4.39 Å². The Morgan fingerprint density at radius 1 is 1.15 bits per heavy atom. The van der Waals surface area contributed by atoms with Gasteiger partial charge in [-0.1, -0.05) is 44.7 Å². The molecular formula is C17H26FNO. The molecule has 1 atom stereocenters. The van der Waals surface area contributed by atoms with Gasteiger partial charge in [0.15, 0.2) is 0 Å². The summed E-state index contributed by atoms with van der Waals surface area (Å²) in [6.07, 6.45) is 7.41. The molecule has 2 rings (SSSR count). The van der Waals surface area contributed by atoms with Crippen LogP contribution >= 0.6 is 0 Å². The SMILES string of the molecule is CCC(NCC1(O)CCCCCC1)c1ccc(F)cc1. The van der Waals surface area contributed by atoms with Crippen molar-refractivity contribution < 1.29 is 9.50 Å². The monoisotopic (exact) mass is 279 g/mol. The molecule has 0 saturated heterocycles. The zero-order valence-electron chi connectivity index (χ0n) is 12.4. The predicted molar refractivity (Wildman–Crippen MR) is 80.1 cm³/mol. The molecule has 0 heterocycles. The molecule has 2 nitrogen and oxygen atoms in total. The summed E-state index contributed by atoms with van der Waals surface area (Å²) in [5.74, 6) is -0.203. The van der Waals surface area contributed by atoms with Crippen LogP contribution in [0.4, 0.5) is 4.39 Å². The molecule has 1 aromatic rings. The molecule has 0 bridgehead atoms. The predicted octanol–water partition coefficient (Wildman–Crippen LogP) is 3.95. The third kappa shape index (κ3) is 4.29. The highest BCUT2D eigenvalue weighted by Crippen LogP contribution is 2.27. The van der Waals surface area contributed by atoms with Gasteiger partial charge >= 0.3 is 0 Å². The first-order chi connectivity index (χ1) is 9.63. The van der Waals surface area contributed by atoms with Crippen LogP contribution in [0.1, 0.15) is 63.5 Å². The van der Waals surface area contributed by atoms with Crippen molar-refractivity contribution in [3.8, 4) is 0 Å². The maximum absolute atomic E-state index is 13.0. The largest absolute Gasteiger partial charge is 0.389 e. The van der Waals surface area contributed by atoms with Crippen LogP contribution in [0, 0.1) is 5.82 Å². The minimum Gasteiger partial charge on any atom is -0.389 e. The van der Waals surface area contributed by atoms with Crippen molar-refractivity contribution in [2.24, 2.45) is 0 Å². The second kappa shape index (κ2) is 7.19. The first-order valence-corrected chi connectivity index (χ1v) is 7.84. The van der Waals surface area contributed by atoms with E-state index in [0.29, 0.717) is 6.54 Å². The maximum Gasteiger partial charge on any atom is 0.123 e. The van der Waals surface area contributed by atoms with E-state index in [1.165, 1.54) is 25.0 Å². The average Bonchev–Trinajstić information content (AvgIpc) is 2.67. The van der Waals surface area contributed by atoms with Gasteiger partial charge in [-0.05, 0) is 37.0 Å². The molecule has 1 aromatic carbocycles. The van der Waals surface area contributed by atoms with Crippen LogP contribution in [-0.4, -0.2) is 17.3 Å².